The van der Waals surface area contributed by atoms with Crippen LogP contribution >= 0.6 is 0 Å². The van der Waals surface area contributed by atoms with E-state index in [1.807, 2.05) is 31.2 Å². The number of benzene rings is 1. The lowest BCUT2D eigenvalue weighted by atomic mass is 9.91. The maximum absolute atomic E-state index is 12.7. The van der Waals surface area contributed by atoms with Crippen LogP contribution in [0.1, 0.15) is 12.5 Å². The molecule has 1 atom stereocenters. The number of amidine groups is 1. The van der Waals surface area contributed by atoms with Crippen LogP contribution in [0.2, 0.25) is 0 Å². The maximum atomic E-state index is 12.7. The van der Waals surface area contributed by atoms with Gasteiger partial charge in [-0.1, -0.05) is 12.1 Å². The number of ether oxygens (including phenoxy) is 1. The molecule has 2 heterocycles. The number of aliphatic imine (C=N–C) groups is 1. The number of fused-ring (bicyclic) bond motifs is 1. The van der Waals surface area contributed by atoms with E-state index < -0.39 is 5.92 Å². The Bertz CT molecular complexity index is 825. The molecule has 7 heteroatoms. The van der Waals surface area contributed by atoms with Crippen molar-refractivity contribution in [3.05, 3.63) is 41.6 Å². The summed E-state index contributed by atoms with van der Waals surface area (Å²) < 4.78 is 5.23. The van der Waals surface area contributed by atoms with E-state index in [1.54, 1.807) is 20.4 Å². The van der Waals surface area contributed by atoms with Gasteiger partial charge < -0.3 is 4.74 Å². The van der Waals surface area contributed by atoms with Crippen molar-refractivity contribution in [3.8, 4) is 5.75 Å². The van der Waals surface area contributed by atoms with E-state index in [0.717, 1.165) is 21.8 Å². The van der Waals surface area contributed by atoms with Gasteiger partial charge in [-0.15, -0.1) is 0 Å². The highest BCUT2D eigenvalue weighted by molar-refractivity contribution is 6.31. The van der Waals surface area contributed by atoms with Crippen molar-refractivity contribution in [2.75, 3.05) is 21.2 Å². The van der Waals surface area contributed by atoms with Crippen molar-refractivity contribution in [2.24, 2.45) is 10.9 Å². The van der Waals surface area contributed by atoms with E-state index >= 15 is 0 Å². The van der Waals surface area contributed by atoms with E-state index in [-0.39, 0.29) is 11.9 Å². The predicted molar refractivity (Wildman–Crippen MR) is 93.3 cm³/mol. The number of nitrogens with one attached hydrogen (secondary N) is 1. The Morgan fingerprint density at radius 1 is 1.24 bits per heavy atom. The van der Waals surface area contributed by atoms with Gasteiger partial charge in [0.25, 0.3) is 11.7 Å². The summed E-state index contributed by atoms with van der Waals surface area (Å²) in [6.45, 7) is 2.33. The standard InChI is InChI=1S/C18H20N4O3/c1-11-9-20-16-14(17(23)22(3)18(24)21(16)2)15(11)19-10-12-6-5-7-13(8-12)25-4/h5-9,14H,10H2,1-4H3/p+1. The molecule has 7 nitrogen and oxygen atoms in total. The van der Waals surface area contributed by atoms with Crippen molar-refractivity contribution >= 4 is 23.5 Å². The molecule has 130 valence electrons. The topological polar surface area (TPSA) is 76.2 Å². The number of amides is 3. The summed E-state index contributed by atoms with van der Waals surface area (Å²) in [5.74, 6) is 0.440. The maximum Gasteiger partial charge on any atom is 0.417 e. The lowest BCUT2D eigenvalue weighted by Gasteiger charge is -2.32. The first-order chi connectivity index (χ1) is 11.9. The monoisotopic (exact) mass is 341 g/mol. The van der Waals surface area contributed by atoms with Crippen molar-refractivity contribution in [1.82, 2.24) is 9.80 Å². The molecule has 3 rings (SSSR count). The SMILES string of the molecule is COc1cccc(CN=C2C(C)=C[NH+]=C3C2C(=O)N(C)C(=O)N3C)c1. The van der Waals surface area contributed by atoms with Crippen LogP contribution in [0.4, 0.5) is 4.79 Å². The molecule has 1 saturated heterocycles. The number of nitrogens with zero attached hydrogens (tertiary/aromatic N) is 3. The minimum atomic E-state index is -0.594. The Balaban J connectivity index is 1.95. The van der Waals surface area contributed by atoms with Gasteiger partial charge in [-0.05, 0) is 24.6 Å². The molecule has 0 bridgehead atoms. The largest absolute Gasteiger partial charge is 0.497 e. The molecule has 0 aliphatic carbocycles. The van der Waals surface area contributed by atoms with Gasteiger partial charge in [-0.2, -0.15) is 4.90 Å². The second kappa shape index (κ2) is 6.51. The van der Waals surface area contributed by atoms with Crippen molar-refractivity contribution in [3.63, 3.8) is 0 Å². The predicted octanol–water partition coefficient (Wildman–Crippen LogP) is 0.173. The molecule has 0 aromatic heterocycles. The Labute approximate surface area is 146 Å². The zero-order valence-electron chi connectivity index (χ0n) is 14.7. The quantitative estimate of drug-likeness (QED) is 0.852. The number of urea groups is 1. The Hall–Kier alpha value is -2.96. The van der Waals surface area contributed by atoms with Crippen LogP contribution < -0.4 is 9.73 Å². The fourth-order valence-corrected chi connectivity index (χ4v) is 3.00. The van der Waals surface area contributed by atoms with Gasteiger partial charge in [0.15, 0.2) is 5.92 Å². The summed E-state index contributed by atoms with van der Waals surface area (Å²) in [5.41, 5.74) is 2.54. The van der Waals surface area contributed by atoms with Gasteiger partial charge in [0.1, 0.15) is 5.75 Å². The number of methoxy groups -OCH3 is 1. The van der Waals surface area contributed by atoms with E-state index in [4.69, 9.17) is 4.74 Å². The lowest BCUT2D eigenvalue weighted by molar-refractivity contribution is -0.383. The summed E-state index contributed by atoms with van der Waals surface area (Å²) >= 11 is 0. The Morgan fingerprint density at radius 3 is 2.72 bits per heavy atom. The van der Waals surface area contributed by atoms with Crippen LogP contribution in [0, 0.1) is 5.92 Å². The summed E-state index contributed by atoms with van der Waals surface area (Å²) in [7, 11) is 4.76. The van der Waals surface area contributed by atoms with Crippen molar-refractivity contribution < 1.29 is 19.3 Å². The number of rotatable bonds is 3. The third kappa shape index (κ3) is 2.93. The van der Waals surface area contributed by atoms with Gasteiger partial charge in [0.2, 0.25) is 0 Å². The number of carbonyl (C=O) groups excluding carboxylic acids is 2. The second-order valence-corrected chi connectivity index (χ2v) is 6.08. The first-order valence-electron chi connectivity index (χ1n) is 7.97. The number of allylic oxidation sites excluding steroid dienone is 1. The summed E-state index contributed by atoms with van der Waals surface area (Å²) in [5, 5.41) is 0. The first-order valence-corrected chi connectivity index (χ1v) is 7.97. The normalized spacial score (nSPS) is 21.9. The second-order valence-electron chi connectivity index (χ2n) is 6.08. The fourth-order valence-electron chi connectivity index (χ4n) is 3.00. The molecule has 1 aromatic carbocycles. The Morgan fingerprint density at radius 2 is 2.00 bits per heavy atom. The number of carbonyl (C=O) groups is 2. The fraction of sp³-hybridized carbons (Fsp3) is 0.333. The average molecular weight is 341 g/mol. The zero-order valence-corrected chi connectivity index (χ0v) is 14.7. The highest BCUT2D eigenvalue weighted by atomic mass is 16.5. The van der Waals surface area contributed by atoms with Gasteiger partial charge in [0.05, 0.1) is 32.6 Å². The summed E-state index contributed by atoms with van der Waals surface area (Å²) in [6.07, 6.45) is 1.78. The van der Waals surface area contributed by atoms with E-state index in [2.05, 4.69) is 9.98 Å². The molecular weight excluding hydrogens is 320 g/mol. The smallest absolute Gasteiger partial charge is 0.417 e. The molecule has 1 aromatic rings. The highest BCUT2D eigenvalue weighted by Gasteiger charge is 2.50. The van der Waals surface area contributed by atoms with Gasteiger partial charge in [-0.3, -0.25) is 9.79 Å². The Kier molecular flexibility index (Phi) is 4.39. The van der Waals surface area contributed by atoms with Crippen LogP contribution in [0.3, 0.4) is 0 Å². The molecule has 25 heavy (non-hydrogen) atoms. The van der Waals surface area contributed by atoms with Crippen LogP contribution in [0.25, 0.3) is 0 Å². The van der Waals surface area contributed by atoms with Crippen LogP contribution in [0.5, 0.6) is 5.75 Å². The molecule has 1 fully saturated rings. The minimum Gasteiger partial charge on any atom is -0.497 e. The van der Waals surface area contributed by atoms with Gasteiger partial charge in [0, 0.05) is 12.6 Å². The molecule has 2 aliphatic heterocycles. The lowest BCUT2D eigenvalue weighted by Crippen LogP contribution is -2.80. The van der Waals surface area contributed by atoms with E-state index in [0.29, 0.717) is 18.1 Å². The molecule has 0 spiro atoms. The van der Waals surface area contributed by atoms with Crippen LogP contribution in [-0.4, -0.2) is 54.5 Å². The highest BCUT2D eigenvalue weighted by Crippen LogP contribution is 2.22. The number of hydrogen-bond acceptors (Lipinski definition) is 4. The third-order valence-electron chi connectivity index (χ3n) is 4.47. The summed E-state index contributed by atoms with van der Waals surface area (Å²) in [6, 6.07) is 7.30. The number of hydrogen-bond donors (Lipinski definition) is 1. The number of imide groups is 1. The third-order valence-corrected chi connectivity index (χ3v) is 4.47. The van der Waals surface area contributed by atoms with E-state index in [1.165, 1.54) is 11.9 Å². The van der Waals surface area contributed by atoms with Gasteiger partial charge in [-0.25, -0.2) is 14.7 Å². The average Bonchev–Trinajstić information content (AvgIpc) is 2.63. The molecule has 1 unspecified atom stereocenters. The molecule has 1 N–H and O–H groups in total. The van der Waals surface area contributed by atoms with Crippen LogP contribution in [0.15, 0.2) is 41.0 Å². The molecule has 3 amide bonds. The van der Waals surface area contributed by atoms with E-state index in [9.17, 15) is 9.59 Å². The minimum absolute atomic E-state index is 0.276. The molecule has 0 radical (unpaired) electrons. The van der Waals surface area contributed by atoms with Crippen LogP contribution in [-0.2, 0) is 11.3 Å². The zero-order chi connectivity index (χ0) is 18.1. The van der Waals surface area contributed by atoms with Gasteiger partial charge >= 0.3 is 6.03 Å². The molecule has 2 aliphatic rings. The first kappa shape index (κ1) is 16.9. The summed E-state index contributed by atoms with van der Waals surface area (Å²) in [4.78, 5) is 35.1. The van der Waals surface area contributed by atoms with Crippen molar-refractivity contribution in [1.29, 1.82) is 0 Å². The van der Waals surface area contributed by atoms with Crippen molar-refractivity contribution in [2.45, 2.75) is 13.5 Å². The molecular formula is C18H21N4O3+. The molecule has 0 saturated carbocycles.